The molecule has 1 aromatic carbocycles. The molecule has 0 aliphatic rings. The van der Waals surface area contributed by atoms with Gasteiger partial charge in [-0.15, -0.1) is 0 Å². The Hall–Kier alpha value is -2.30. The van der Waals surface area contributed by atoms with E-state index in [1.807, 2.05) is 0 Å². The number of aromatic nitrogens is 2. The van der Waals surface area contributed by atoms with Gasteiger partial charge < -0.3 is 5.73 Å². The number of rotatable bonds is 3. The third kappa shape index (κ3) is 3.24. The molecule has 21 heavy (non-hydrogen) atoms. The van der Waals surface area contributed by atoms with Gasteiger partial charge in [-0.1, -0.05) is 24.0 Å². The summed E-state index contributed by atoms with van der Waals surface area (Å²) in [6.45, 7) is 3.64. The van der Waals surface area contributed by atoms with E-state index in [-0.39, 0.29) is 11.4 Å². The molecule has 0 saturated heterocycles. The van der Waals surface area contributed by atoms with Crippen molar-refractivity contribution in [3.05, 3.63) is 41.2 Å². The molecule has 2 rings (SSSR count). The second-order valence-electron chi connectivity index (χ2n) is 4.42. The summed E-state index contributed by atoms with van der Waals surface area (Å²) >= 11 is 0. The SMILES string of the molecule is Cc1n[nH]c(C)c1NS(=O)(=O)c1ccccc1C#CCN. The number of aromatic amines is 1. The number of nitrogens with one attached hydrogen (secondary N) is 2. The van der Waals surface area contributed by atoms with Crippen LogP contribution in [0, 0.1) is 25.7 Å². The molecule has 1 heterocycles. The number of aryl methyl sites for hydroxylation is 2. The zero-order valence-electron chi connectivity index (χ0n) is 11.8. The quantitative estimate of drug-likeness (QED) is 0.740. The van der Waals surface area contributed by atoms with Crippen LogP contribution in [0.25, 0.3) is 0 Å². The number of hydrogen-bond donors (Lipinski definition) is 3. The summed E-state index contributed by atoms with van der Waals surface area (Å²) in [5, 5.41) is 6.71. The molecule has 4 N–H and O–H groups in total. The Morgan fingerprint density at radius 1 is 1.33 bits per heavy atom. The summed E-state index contributed by atoms with van der Waals surface area (Å²) in [7, 11) is -3.74. The first-order valence-electron chi connectivity index (χ1n) is 6.28. The van der Waals surface area contributed by atoms with Gasteiger partial charge in [0.05, 0.1) is 23.6 Å². The van der Waals surface area contributed by atoms with Crippen molar-refractivity contribution >= 4 is 15.7 Å². The molecule has 110 valence electrons. The largest absolute Gasteiger partial charge is 0.320 e. The van der Waals surface area contributed by atoms with Gasteiger partial charge in [-0.3, -0.25) is 9.82 Å². The van der Waals surface area contributed by atoms with Crippen molar-refractivity contribution in [2.24, 2.45) is 5.73 Å². The Morgan fingerprint density at radius 3 is 2.67 bits per heavy atom. The number of H-pyrrole nitrogens is 1. The molecule has 0 unspecified atom stereocenters. The summed E-state index contributed by atoms with van der Waals surface area (Å²) in [5.74, 6) is 5.44. The van der Waals surface area contributed by atoms with E-state index in [0.29, 0.717) is 22.6 Å². The second kappa shape index (κ2) is 5.99. The highest BCUT2D eigenvalue weighted by Crippen LogP contribution is 2.22. The molecule has 1 aromatic heterocycles. The van der Waals surface area contributed by atoms with Crippen molar-refractivity contribution in [2.45, 2.75) is 18.7 Å². The Morgan fingerprint density at radius 2 is 2.05 bits per heavy atom. The third-order valence-electron chi connectivity index (χ3n) is 2.87. The van der Waals surface area contributed by atoms with Gasteiger partial charge in [0.2, 0.25) is 0 Å². The van der Waals surface area contributed by atoms with Gasteiger partial charge in [-0.05, 0) is 26.0 Å². The normalized spacial score (nSPS) is 10.8. The van der Waals surface area contributed by atoms with Crippen LogP contribution in [0.4, 0.5) is 5.69 Å². The molecule has 0 aliphatic heterocycles. The minimum atomic E-state index is -3.74. The number of nitrogens with two attached hydrogens (primary N) is 1. The predicted molar refractivity (Wildman–Crippen MR) is 81.2 cm³/mol. The Labute approximate surface area is 123 Å². The van der Waals surface area contributed by atoms with Crippen LogP contribution in [0.1, 0.15) is 17.0 Å². The van der Waals surface area contributed by atoms with Crippen molar-refractivity contribution in [3.63, 3.8) is 0 Å². The molecule has 0 atom stereocenters. The maximum Gasteiger partial charge on any atom is 0.263 e. The first-order chi connectivity index (χ1) is 9.95. The zero-order chi connectivity index (χ0) is 15.5. The lowest BCUT2D eigenvalue weighted by atomic mass is 10.2. The fourth-order valence-electron chi connectivity index (χ4n) is 1.84. The fraction of sp³-hybridized carbons (Fsp3) is 0.214. The van der Waals surface area contributed by atoms with E-state index in [9.17, 15) is 8.42 Å². The minimum absolute atomic E-state index is 0.117. The third-order valence-corrected chi connectivity index (χ3v) is 4.27. The number of hydrogen-bond acceptors (Lipinski definition) is 4. The highest BCUT2D eigenvalue weighted by atomic mass is 32.2. The van der Waals surface area contributed by atoms with Crippen LogP contribution in [0.15, 0.2) is 29.2 Å². The highest BCUT2D eigenvalue weighted by Gasteiger charge is 2.20. The van der Waals surface area contributed by atoms with Gasteiger partial charge in [0.1, 0.15) is 4.90 Å². The number of benzene rings is 1. The minimum Gasteiger partial charge on any atom is -0.320 e. The van der Waals surface area contributed by atoms with Crippen LogP contribution >= 0.6 is 0 Å². The smallest absolute Gasteiger partial charge is 0.263 e. The Kier molecular flexibility index (Phi) is 4.31. The Balaban J connectivity index is 2.46. The molecule has 0 fully saturated rings. The van der Waals surface area contributed by atoms with E-state index < -0.39 is 10.0 Å². The van der Waals surface area contributed by atoms with Crippen molar-refractivity contribution in [1.29, 1.82) is 0 Å². The number of anilines is 1. The van der Waals surface area contributed by atoms with Crippen molar-refractivity contribution in [3.8, 4) is 11.8 Å². The molecule has 0 spiro atoms. The maximum absolute atomic E-state index is 12.5. The molecule has 2 aromatic rings. The van der Waals surface area contributed by atoms with Crippen molar-refractivity contribution in [2.75, 3.05) is 11.3 Å². The van der Waals surface area contributed by atoms with E-state index >= 15 is 0 Å². The van der Waals surface area contributed by atoms with E-state index in [1.165, 1.54) is 6.07 Å². The lowest BCUT2D eigenvalue weighted by molar-refractivity contribution is 0.601. The van der Waals surface area contributed by atoms with E-state index in [2.05, 4.69) is 26.8 Å². The molecule has 7 heteroatoms. The summed E-state index contributed by atoms with van der Waals surface area (Å²) in [5.41, 5.74) is 7.44. The standard InChI is InChI=1S/C14H16N4O2S/c1-10-14(11(2)17-16-10)18-21(19,20)13-8-4-3-6-12(13)7-5-9-15/h3-4,6,8,18H,9,15H2,1-2H3,(H,16,17). The summed E-state index contributed by atoms with van der Waals surface area (Å²) in [4.78, 5) is 0.117. The van der Waals surface area contributed by atoms with Crippen LogP contribution in [-0.2, 0) is 10.0 Å². The monoisotopic (exact) mass is 304 g/mol. The average molecular weight is 304 g/mol. The number of nitrogens with zero attached hydrogens (tertiary/aromatic N) is 1. The van der Waals surface area contributed by atoms with Gasteiger partial charge in [-0.2, -0.15) is 5.10 Å². The predicted octanol–water partition coefficient (Wildman–Crippen LogP) is 1.14. The Bertz CT molecular complexity index is 793. The van der Waals surface area contributed by atoms with Gasteiger partial charge in [-0.25, -0.2) is 8.42 Å². The lowest BCUT2D eigenvalue weighted by Gasteiger charge is -2.09. The van der Waals surface area contributed by atoms with Crippen molar-refractivity contribution in [1.82, 2.24) is 10.2 Å². The molecule has 0 bridgehead atoms. The van der Waals surface area contributed by atoms with Crippen LogP contribution in [0.5, 0.6) is 0 Å². The molecule has 6 nitrogen and oxygen atoms in total. The van der Waals surface area contributed by atoms with Crippen LogP contribution < -0.4 is 10.5 Å². The van der Waals surface area contributed by atoms with Crippen LogP contribution in [0.3, 0.4) is 0 Å². The average Bonchev–Trinajstić information content (AvgIpc) is 2.77. The summed E-state index contributed by atoms with van der Waals surface area (Å²) in [6, 6.07) is 6.53. The van der Waals surface area contributed by atoms with E-state index in [4.69, 9.17) is 5.73 Å². The van der Waals surface area contributed by atoms with Crippen LogP contribution in [0.2, 0.25) is 0 Å². The van der Waals surface area contributed by atoms with Gasteiger partial charge in [0, 0.05) is 5.56 Å². The number of sulfonamides is 1. The fourth-order valence-corrected chi connectivity index (χ4v) is 3.19. The molecular formula is C14H16N4O2S. The molecule has 0 radical (unpaired) electrons. The van der Waals surface area contributed by atoms with Gasteiger partial charge in [0.25, 0.3) is 10.0 Å². The first-order valence-corrected chi connectivity index (χ1v) is 7.76. The maximum atomic E-state index is 12.5. The second-order valence-corrected chi connectivity index (χ2v) is 6.07. The summed E-state index contributed by atoms with van der Waals surface area (Å²) in [6.07, 6.45) is 0. The van der Waals surface area contributed by atoms with Gasteiger partial charge in [0.15, 0.2) is 0 Å². The molecular weight excluding hydrogens is 288 g/mol. The molecule has 0 amide bonds. The molecule has 0 aliphatic carbocycles. The topological polar surface area (TPSA) is 101 Å². The highest BCUT2D eigenvalue weighted by molar-refractivity contribution is 7.92. The van der Waals surface area contributed by atoms with Crippen molar-refractivity contribution < 1.29 is 8.42 Å². The molecule has 0 saturated carbocycles. The van der Waals surface area contributed by atoms with E-state index in [0.717, 1.165) is 0 Å². The summed E-state index contributed by atoms with van der Waals surface area (Å²) < 4.78 is 27.6. The first kappa shape index (κ1) is 15.1. The zero-order valence-corrected chi connectivity index (χ0v) is 12.6. The van der Waals surface area contributed by atoms with Crippen LogP contribution in [-0.4, -0.2) is 25.2 Å². The lowest BCUT2D eigenvalue weighted by Crippen LogP contribution is -2.15. The van der Waals surface area contributed by atoms with Gasteiger partial charge >= 0.3 is 0 Å². The van der Waals surface area contributed by atoms with E-state index in [1.54, 1.807) is 32.0 Å².